The molecule has 0 aliphatic rings. The molecule has 2 N–H and O–H groups in total. The van der Waals surface area contributed by atoms with Crippen molar-refractivity contribution >= 4 is 5.96 Å². The Morgan fingerprint density at radius 3 is 2.50 bits per heavy atom. The number of nitrogens with zero attached hydrogens (tertiary/aromatic N) is 1. The maximum Gasteiger partial charge on any atom is 0.191 e. The number of aliphatic imine (C=N–C) groups is 1. The van der Waals surface area contributed by atoms with E-state index in [1.54, 1.807) is 26.3 Å². The summed E-state index contributed by atoms with van der Waals surface area (Å²) in [5.74, 6) is 2.42. The van der Waals surface area contributed by atoms with Gasteiger partial charge >= 0.3 is 0 Å². The van der Waals surface area contributed by atoms with Gasteiger partial charge in [0.15, 0.2) is 17.5 Å². The van der Waals surface area contributed by atoms with Gasteiger partial charge in [-0.05, 0) is 55.8 Å². The average molecular weight is 389 g/mol. The van der Waals surface area contributed by atoms with E-state index in [2.05, 4.69) is 15.6 Å². The molecule has 0 fully saturated rings. The molecule has 2 rings (SSSR count). The molecule has 0 radical (unpaired) electrons. The molecular formula is C21H28FN3O3. The second-order valence-electron chi connectivity index (χ2n) is 6.11. The topological polar surface area (TPSA) is 64.1 Å². The standard InChI is InChI=1S/C21H28FN3O3/c1-5-27-19-11-6-16(12-20(19)26-4)14-25-21(23-3)24-13-15(2)28-18-9-7-17(22)8-10-18/h6-12,15H,5,13-14H2,1-4H3,(H2,23,24,25). The molecule has 152 valence electrons. The SMILES string of the molecule is CCOc1ccc(CNC(=NC)NCC(C)Oc2ccc(F)cc2)cc1OC. The lowest BCUT2D eigenvalue weighted by Gasteiger charge is -2.18. The summed E-state index contributed by atoms with van der Waals surface area (Å²) in [5, 5.41) is 6.47. The zero-order valence-electron chi connectivity index (χ0n) is 16.8. The lowest BCUT2D eigenvalue weighted by Crippen LogP contribution is -2.41. The third-order valence-corrected chi connectivity index (χ3v) is 3.92. The van der Waals surface area contributed by atoms with Crippen molar-refractivity contribution in [2.24, 2.45) is 4.99 Å². The van der Waals surface area contributed by atoms with Crippen LogP contribution in [-0.2, 0) is 6.54 Å². The highest BCUT2D eigenvalue weighted by Crippen LogP contribution is 2.27. The van der Waals surface area contributed by atoms with Gasteiger partial charge in [-0.2, -0.15) is 0 Å². The zero-order chi connectivity index (χ0) is 20.4. The normalized spacial score (nSPS) is 12.2. The predicted octanol–water partition coefficient (Wildman–Crippen LogP) is 3.37. The maximum atomic E-state index is 13.0. The Morgan fingerprint density at radius 1 is 1.11 bits per heavy atom. The molecule has 0 saturated carbocycles. The summed E-state index contributed by atoms with van der Waals surface area (Å²) in [6.45, 7) is 5.58. The third kappa shape index (κ3) is 6.64. The highest BCUT2D eigenvalue weighted by molar-refractivity contribution is 5.79. The molecule has 1 atom stereocenters. The quantitative estimate of drug-likeness (QED) is 0.509. The van der Waals surface area contributed by atoms with E-state index in [4.69, 9.17) is 14.2 Å². The summed E-state index contributed by atoms with van der Waals surface area (Å²) in [5.41, 5.74) is 1.04. The fourth-order valence-corrected chi connectivity index (χ4v) is 2.53. The van der Waals surface area contributed by atoms with Crippen LogP contribution < -0.4 is 24.8 Å². The number of methoxy groups -OCH3 is 1. The van der Waals surface area contributed by atoms with E-state index in [0.29, 0.717) is 37.2 Å². The molecule has 0 aliphatic carbocycles. The smallest absolute Gasteiger partial charge is 0.191 e. The van der Waals surface area contributed by atoms with Gasteiger partial charge in [0.25, 0.3) is 0 Å². The third-order valence-electron chi connectivity index (χ3n) is 3.92. The summed E-state index contributed by atoms with van der Waals surface area (Å²) in [6, 6.07) is 11.8. The van der Waals surface area contributed by atoms with Crippen LogP contribution in [0.5, 0.6) is 17.2 Å². The molecule has 6 nitrogen and oxygen atoms in total. The number of nitrogens with one attached hydrogen (secondary N) is 2. The lowest BCUT2D eigenvalue weighted by atomic mass is 10.2. The van der Waals surface area contributed by atoms with Crippen LogP contribution in [0.1, 0.15) is 19.4 Å². The van der Waals surface area contributed by atoms with Crippen LogP contribution in [-0.4, -0.2) is 39.4 Å². The van der Waals surface area contributed by atoms with Crippen molar-refractivity contribution in [1.29, 1.82) is 0 Å². The Bertz CT molecular complexity index is 766. The van der Waals surface area contributed by atoms with Crippen LogP contribution >= 0.6 is 0 Å². The first-order chi connectivity index (χ1) is 13.5. The molecule has 0 bridgehead atoms. The summed E-state index contributed by atoms with van der Waals surface area (Å²) < 4.78 is 29.6. The second kappa shape index (κ2) is 11.0. The number of halogens is 1. The zero-order valence-corrected chi connectivity index (χ0v) is 16.8. The molecule has 0 spiro atoms. The molecule has 0 saturated heterocycles. The van der Waals surface area contributed by atoms with E-state index in [9.17, 15) is 4.39 Å². The second-order valence-corrected chi connectivity index (χ2v) is 6.11. The van der Waals surface area contributed by atoms with Gasteiger partial charge in [0.1, 0.15) is 17.7 Å². The minimum Gasteiger partial charge on any atom is -0.493 e. The fraction of sp³-hybridized carbons (Fsp3) is 0.381. The van der Waals surface area contributed by atoms with Gasteiger partial charge in [-0.25, -0.2) is 4.39 Å². The van der Waals surface area contributed by atoms with Gasteiger partial charge in [-0.1, -0.05) is 6.07 Å². The number of rotatable bonds is 9. The molecule has 0 amide bonds. The van der Waals surface area contributed by atoms with Crippen LogP contribution in [0, 0.1) is 5.82 Å². The van der Waals surface area contributed by atoms with Gasteiger partial charge in [-0.3, -0.25) is 4.99 Å². The number of guanidine groups is 1. The molecule has 0 heterocycles. The molecule has 1 unspecified atom stereocenters. The molecule has 2 aromatic rings. The Kier molecular flexibility index (Phi) is 8.39. The van der Waals surface area contributed by atoms with Crippen molar-refractivity contribution in [2.45, 2.75) is 26.5 Å². The van der Waals surface area contributed by atoms with E-state index in [-0.39, 0.29) is 11.9 Å². The van der Waals surface area contributed by atoms with E-state index in [1.165, 1.54) is 12.1 Å². The van der Waals surface area contributed by atoms with E-state index in [1.807, 2.05) is 32.0 Å². The van der Waals surface area contributed by atoms with Crippen molar-refractivity contribution in [3.05, 3.63) is 53.8 Å². The van der Waals surface area contributed by atoms with Crippen molar-refractivity contribution in [1.82, 2.24) is 10.6 Å². The van der Waals surface area contributed by atoms with Gasteiger partial charge < -0.3 is 24.8 Å². The number of benzene rings is 2. The molecule has 2 aromatic carbocycles. The van der Waals surface area contributed by atoms with Gasteiger partial charge in [0.05, 0.1) is 20.3 Å². The van der Waals surface area contributed by atoms with Gasteiger partial charge in [0, 0.05) is 13.6 Å². The first kappa shape index (κ1) is 21.3. The highest BCUT2D eigenvalue weighted by Gasteiger charge is 2.08. The largest absolute Gasteiger partial charge is 0.493 e. The van der Waals surface area contributed by atoms with Crippen LogP contribution in [0.3, 0.4) is 0 Å². The van der Waals surface area contributed by atoms with Gasteiger partial charge in [-0.15, -0.1) is 0 Å². The van der Waals surface area contributed by atoms with Crippen molar-refractivity contribution < 1.29 is 18.6 Å². The van der Waals surface area contributed by atoms with Crippen molar-refractivity contribution in [3.8, 4) is 17.2 Å². The number of ether oxygens (including phenoxy) is 3. The van der Waals surface area contributed by atoms with Gasteiger partial charge in [0.2, 0.25) is 0 Å². The Hall–Kier alpha value is -2.96. The first-order valence-corrected chi connectivity index (χ1v) is 9.22. The summed E-state index contributed by atoms with van der Waals surface area (Å²) in [7, 11) is 3.33. The Morgan fingerprint density at radius 2 is 1.86 bits per heavy atom. The minimum atomic E-state index is -0.284. The van der Waals surface area contributed by atoms with Crippen LogP contribution in [0.4, 0.5) is 4.39 Å². The van der Waals surface area contributed by atoms with Crippen LogP contribution in [0.25, 0.3) is 0 Å². The van der Waals surface area contributed by atoms with Crippen molar-refractivity contribution in [2.75, 3.05) is 27.3 Å². The maximum absolute atomic E-state index is 13.0. The summed E-state index contributed by atoms with van der Waals surface area (Å²) >= 11 is 0. The first-order valence-electron chi connectivity index (χ1n) is 9.22. The van der Waals surface area contributed by atoms with Crippen LogP contribution in [0.2, 0.25) is 0 Å². The monoisotopic (exact) mass is 389 g/mol. The summed E-state index contributed by atoms with van der Waals surface area (Å²) in [4.78, 5) is 4.22. The summed E-state index contributed by atoms with van der Waals surface area (Å²) in [6.07, 6.45) is -0.116. The molecule has 7 heteroatoms. The molecule has 28 heavy (non-hydrogen) atoms. The average Bonchev–Trinajstić information content (AvgIpc) is 2.71. The molecule has 0 aromatic heterocycles. The predicted molar refractivity (Wildman–Crippen MR) is 109 cm³/mol. The Balaban J connectivity index is 1.83. The van der Waals surface area contributed by atoms with Crippen LogP contribution in [0.15, 0.2) is 47.5 Å². The molecule has 0 aliphatic heterocycles. The lowest BCUT2D eigenvalue weighted by molar-refractivity contribution is 0.223. The highest BCUT2D eigenvalue weighted by atomic mass is 19.1. The Labute approximate surface area is 165 Å². The number of hydrogen-bond donors (Lipinski definition) is 2. The van der Waals surface area contributed by atoms with E-state index in [0.717, 1.165) is 11.3 Å². The van der Waals surface area contributed by atoms with Crippen molar-refractivity contribution in [3.63, 3.8) is 0 Å². The number of hydrogen-bond acceptors (Lipinski definition) is 4. The molecular weight excluding hydrogens is 361 g/mol. The van der Waals surface area contributed by atoms with E-state index < -0.39 is 0 Å². The minimum absolute atomic E-state index is 0.116. The fourth-order valence-electron chi connectivity index (χ4n) is 2.53. The van der Waals surface area contributed by atoms with E-state index >= 15 is 0 Å².